The Bertz CT molecular complexity index is 1400. The quantitative estimate of drug-likeness (QED) is 0.344. The van der Waals surface area contributed by atoms with E-state index in [-0.39, 0.29) is 38.4 Å². The van der Waals surface area contributed by atoms with Gasteiger partial charge in [0.05, 0.1) is 6.54 Å². The fourth-order valence-electron chi connectivity index (χ4n) is 4.38. The summed E-state index contributed by atoms with van der Waals surface area (Å²) in [5.74, 6) is -4.37. The third-order valence-electron chi connectivity index (χ3n) is 6.35. The van der Waals surface area contributed by atoms with Gasteiger partial charge in [-0.25, -0.2) is 17.6 Å². The number of hydrogen-bond donors (Lipinski definition) is 1. The summed E-state index contributed by atoms with van der Waals surface area (Å²) in [4.78, 5) is 14.2. The Morgan fingerprint density at radius 3 is 2.23 bits per heavy atom. The Morgan fingerprint density at radius 2 is 1.57 bits per heavy atom. The third-order valence-corrected chi connectivity index (χ3v) is 6.35. The molecule has 5 rings (SSSR count). The number of hydrogen-bond acceptors (Lipinski definition) is 3. The average Bonchev–Trinajstić information content (AvgIpc) is 3.28. The van der Waals surface area contributed by atoms with Crippen LogP contribution in [0.3, 0.4) is 0 Å². The predicted octanol–water partition coefficient (Wildman–Crippen LogP) is 6.38. The highest BCUT2D eigenvalue weighted by Crippen LogP contribution is 2.37. The van der Waals surface area contributed by atoms with Crippen molar-refractivity contribution in [2.45, 2.75) is 25.3 Å². The molecule has 3 aromatic carbocycles. The molecule has 0 bridgehead atoms. The van der Waals surface area contributed by atoms with Gasteiger partial charge in [0.1, 0.15) is 11.3 Å². The molecule has 35 heavy (non-hydrogen) atoms. The Kier molecular flexibility index (Phi) is 5.84. The minimum atomic E-state index is -2.72. The number of fused-ring (bicyclic) bond motifs is 1. The van der Waals surface area contributed by atoms with Gasteiger partial charge in [0, 0.05) is 42.4 Å². The van der Waals surface area contributed by atoms with Gasteiger partial charge in [-0.1, -0.05) is 18.2 Å². The maximum absolute atomic E-state index is 14.0. The maximum atomic E-state index is 14.0. The molecule has 0 radical (unpaired) electrons. The van der Waals surface area contributed by atoms with Gasteiger partial charge in [-0.2, -0.15) is 0 Å². The number of nitrogens with zero attached hydrogens (tertiary/aromatic N) is 1. The molecule has 1 fully saturated rings. The Balaban J connectivity index is 1.50. The topological polar surface area (TPSA) is 59.5 Å². The first-order valence-electron chi connectivity index (χ1n) is 11.2. The second-order valence-electron chi connectivity index (χ2n) is 8.71. The molecular weight excluding hydrogens is 460 g/mol. The van der Waals surface area contributed by atoms with Gasteiger partial charge in [-0.3, -0.25) is 4.79 Å². The van der Waals surface area contributed by atoms with E-state index in [1.807, 2.05) is 12.1 Å². The number of nitrogens with two attached hydrogens (primary N) is 1. The minimum absolute atomic E-state index is 0.0197. The SMILES string of the molecule is NCc1cc2cc(-c3ccc(C(=O)N4CCC(F)(F)CC4)cc3)cc(-c3ccc(F)c(F)c3)c2o1. The zero-order valence-electron chi connectivity index (χ0n) is 18.7. The molecule has 8 heteroatoms. The first-order valence-corrected chi connectivity index (χ1v) is 11.2. The van der Waals surface area contributed by atoms with E-state index >= 15 is 0 Å². The summed E-state index contributed by atoms with van der Waals surface area (Å²) in [5.41, 5.74) is 9.24. The molecule has 2 heterocycles. The van der Waals surface area contributed by atoms with Crippen molar-refractivity contribution in [3.8, 4) is 22.3 Å². The van der Waals surface area contributed by atoms with Gasteiger partial charge in [0.15, 0.2) is 11.6 Å². The zero-order chi connectivity index (χ0) is 24.7. The fraction of sp³-hybridized carbons (Fsp3) is 0.222. The summed E-state index contributed by atoms with van der Waals surface area (Å²) in [6.45, 7) is 0.220. The van der Waals surface area contributed by atoms with Gasteiger partial charge in [-0.15, -0.1) is 0 Å². The Labute approximate surface area is 198 Å². The van der Waals surface area contributed by atoms with E-state index in [2.05, 4.69) is 0 Å². The number of alkyl halides is 2. The average molecular weight is 482 g/mol. The van der Waals surface area contributed by atoms with Crippen molar-refractivity contribution in [1.29, 1.82) is 0 Å². The van der Waals surface area contributed by atoms with E-state index < -0.39 is 17.6 Å². The molecule has 0 saturated carbocycles. The molecular formula is C27H22F4N2O2. The lowest BCUT2D eigenvalue weighted by molar-refractivity contribution is -0.0494. The smallest absolute Gasteiger partial charge is 0.253 e. The van der Waals surface area contributed by atoms with E-state index in [0.717, 1.165) is 28.6 Å². The summed E-state index contributed by atoms with van der Waals surface area (Å²) in [7, 11) is 0. The van der Waals surface area contributed by atoms with Gasteiger partial charge < -0.3 is 15.1 Å². The number of furan rings is 1. The van der Waals surface area contributed by atoms with Crippen LogP contribution in [0.2, 0.25) is 0 Å². The summed E-state index contributed by atoms with van der Waals surface area (Å²) >= 11 is 0. The number of halogens is 4. The molecule has 0 spiro atoms. The van der Waals surface area contributed by atoms with E-state index in [1.165, 1.54) is 11.0 Å². The van der Waals surface area contributed by atoms with Crippen LogP contribution >= 0.6 is 0 Å². The van der Waals surface area contributed by atoms with Crippen LogP contribution in [0.25, 0.3) is 33.2 Å². The van der Waals surface area contributed by atoms with Crippen molar-refractivity contribution in [3.63, 3.8) is 0 Å². The van der Waals surface area contributed by atoms with Crippen LogP contribution in [-0.2, 0) is 6.54 Å². The number of piperidine rings is 1. The summed E-state index contributed by atoms with van der Waals surface area (Å²) in [5, 5.41) is 0.747. The van der Waals surface area contributed by atoms with Crippen LogP contribution < -0.4 is 5.73 Å². The second-order valence-corrected chi connectivity index (χ2v) is 8.71. The highest BCUT2D eigenvalue weighted by atomic mass is 19.3. The van der Waals surface area contributed by atoms with Gasteiger partial charge in [-0.05, 0) is 59.2 Å². The van der Waals surface area contributed by atoms with Crippen LogP contribution in [0.4, 0.5) is 17.6 Å². The fourth-order valence-corrected chi connectivity index (χ4v) is 4.38. The monoisotopic (exact) mass is 482 g/mol. The summed E-state index contributed by atoms with van der Waals surface area (Å²) in [6.07, 6.45) is -0.668. The molecule has 2 N–H and O–H groups in total. The Hall–Kier alpha value is -3.65. The molecule has 0 unspecified atom stereocenters. The molecule has 1 amide bonds. The molecule has 4 nitrogen and oxygen atoms in total. The first-order chi connectivity index (χ1) is 16.7. The number of carbonyl (C=O) groups excluding carboxylic acids is 1. The second kappa shape index (κ2) is 8.85. The van der Waals surface area contributed by atoms with Crippen LogP contribution in [0.5, 0.6) is 0 Å². The minimum Gasteiger partial charge on any atom is -0.459 e. The molecule has 180 valence electrons. The lowest BCUT2D eigenvalue weighted by atomic mass is 9.96. The number of carbonyl (C=O) groups is 1. The third kappa shape index (κ3) is 4.53. The molecule has 1 aromatic heterocycles. The van der Waals surface area contributed by atoms with Crippen LogP contribution in [0.1, 0.15) is 29.0 Å². The molecule has 4 aromatic rings. The van der Waals surface area contributed by atoms with Gasteiger partial charge in [0.25, 0.3) is 11.8 Å². The molecule has 0 atom stereocenters. The molecule has 1 aliphatic heterocycles. The number of benzene rings is 3. The number of amides is 1. The normalized spacial score (nSPS) is 15.5. The highest BCUT2D eigenvalue weighted by Gasteiger charge is 2.35. The first kappa shape index (κ1) is 23.1. The van der Waals surface area contributed by atoms with Crippen molar-refractivity contribution in [2.24, 2.45) is 5.73 Å². The van der Waals surface area contributed by atoms with E-state index in [1.54, 1.807) is 30.3 Å². The standard InChI is InChI=1S/C27H22F4N2O2/c28-23-6-5-18(14-24(23)29)22-13-19(11-20-12-21(15-32)35-25(20)22)16-1-3-17(4-2-16)26(34)33-9-7-27(30,31)8-10-33/h1-6,11-14H,7-10,15,32H2. The predicted molar refractivity (Wildman–Crippen MR) is 125 cm³/mol. The summed E-state index contributed by atoms with van der Waals surface area (Å²) < 4.78 is 60.2. The van der Waals surface area contributed by atoms with Crippen LogP contribution in [-0.4, -0.2) is 29.8 Å². The molecule has 0 aliphatic carbocycles. The van der Waals surface area contributed by atoms with Crippen LogP contribution in [0, 0.1) is 11.6 Å². The number of likely N-dealkylation sites (tertiary alicyclic amines) is 1. The van der Waals surface area contributed by atoms with Crippen molar-refractivity contribution in [1.82, 2.24) is 4.90 Å². The lowest BCUT2D eigenvalue weighted by Crippen LogP contribution is -2.42. The Morgan fingerprint density at radius 1 is 0.886 bits per heavy atom. The van der Waals surface area contributed by atoms with Crippen LogP contribution in [0.15, 0.2) is 65.1 Å². The van der Waals surface area contributed by atoms with Gasteiger partial charge >= 0.3 is 0 Å². The lowest BCUT2D eigenvalue weighted by Gasteiger charge is -2.31. The maximum Gasteiger partial charge on any atom is 0.253 e. The van der Waals surface area contributed by atoms with Crippen molar-refractivity contribution in [2.75, 3.05) is 13.1 Å². The molecule has 1 aliphatic rings. The largest absolute Gasteiger partial charge is 0.459 e. The number of rotatable bonds is 4. The highest BCUT2D eigenvalue weighted by molar-refractivity contribution is 5.98. The zero-order valence-corrected chi connectivity index (χ0v) is 18.7. The summed E-state index contributed by atoms with van der Waals surface area (Å²) in [6, 6.07) is 16.0. The molecule has 1 saturated heterocycles. The van der Waals surface area contributed by atoms with E-state index in [4.69, 9.17) is 10.2 Å². The van der Waals surface area contributed by atoms with E-state index in [9.17, 15) is 22.4 Å². The van der Waals surface area contributed by atoms with E-state index in [0.29, 0.717) is 28.0 Å². The van der Waals surface area contributed by atoms with Gasteiger partial charge in [0.2, 0.25) is 0 Å². The van der Waals surface area contributed by atoms with Crippen molar-refractivity contribution < 1.29 is 26.8 Å². The van der Waals surface area contributed by atoms with Crippen molar-refractivity contribution in [3.05, 3.63) is 83.6 Å². The van der Waals surface area contributed by atoms with Crippen molar-refractivity contribution >= 4 is 16.9 Å².